The van der Waals surface area contributed by atoms with Crippen LogP contribution in [0.25, 0.3) is 0 Å². The quantitative estimate of drug-likeness (QED) is 0.719. The summed E-state index contributed by atoms with van der Waals surface area (Å²) >= 11 is 0. The zero-order chi connectivity index (χ0) is 12.1. The predicted octanol–water partition coefficient (Wildman–Crippen LogP) is 1.20. The molecular weight excluding hydrogens is 192 g/mol. The number of hydrogen-bond donors (Lipinski definition) is 2. The molecule has 0 radical (unpaired) electrons. The molecular formula is C11H20N2O2. The SMILES string of the molecule is CC(C)(C#N)CCC(=O)NC(C)(C)CO. The fourth-order valence-corrected chi connectivity index (χ4v) is 0.961. The summed E-state index contributed by atoms with van der Waals surface area (Å²) in [5, 5.41) is 20.4. The van der Waals surface area contributed by atoms with Crippen molar-refractivity contribution in [2.75, 3.05) is 6.61 Å². The Kier molecular flexibility index (Phi) is 4.76. The Balaban J connectivity index is 4.03. The Bertz CT molecular complexity index is 264. The van der Waals surface area contributed by atoms with Crippen LogP contribution in [0.15, 0.2) is 0 Å². The van der Waals surface area contributed by atoms with Crippen molar-refractivity contribution in [3.05, 3.63) is 0 Å². The van der Waals surface area contributed by atoms with Gasteiger partial charge in [-0.2, -0.15) is 5.26 Å². The molecule has 0 saturated heterocycles. The van der Waals surface area contributed by atoms with Crippen LogP contribution in [0, 0.1) is 16.7 Å². The molecule has 0 bridgehead atoms. The molecule has 0 fully saturated rings. The molecule has 2 N–H and O–H groups in total. The average Bonchev–Trinajstić information content (AvgIpc) is 2.15. The number of amides is 1. The molecule has 0 aromatic carbocycles. The number of rotatable bonds is 5. The van der Waals surface area contributed by atoms with Gasteiger partial charge in [0.15, 0.2) is 0 Å². The van der Waals surface area contributed by atoms with Gasteiger partial charge in [-0.1, -0.05) is 0 Å². The minimum atomic E-state index is -0.589. The fraction of sp³-hybridized carbons (Fsp3) is 0.818. The smallest absolute Gasteiger partial charge is 0.220 e. The van der Waals surface area contributed by atoms with Crippen LogP contribution >= 0.6 is 0 Å². The van der Waals surface area contributed by atoms with Gasteiger partial charge in [-0.25, -0.2) is 0 Å². The summed E-state index contributed by atoms with van der Waals surface area (Å²) in [5.41, 5.74) is -1.06. The molecule has 0 aromatic rings. The zero-order valence-corrected chi connectivity index (χ0v) is 9.92. The molecule has 0 aliphatic heterocycles. The predicted molar refractivity (Wildman–Crippen MR) is 57.9 cm³/mol. The number of aliphatic hydroxyl groups is 1. The van der Waals surface area contributed by atoms with E-state index in [0.29, 0.717) is 12.8 Å². The lowest BCUT2D eigenvalue weighted by Crippen LogP contribution is -2.46. The number of hydrogen-bond acceptors (Lipinski definition) is 3. The number of carbonyl (C=O) groups excluding carboxylic acids is 1. The molecule has 0 rings (SSSR count). The van der Waals surface area contributed by atoms with Gasteiger partial charge in [-0.3, -0.25) is 4.79 Å². The van der Waals surface area contributed by atoms with Crippen LogP contribution in [-0.2, 0) is 4.79 Å². The molecule has 0 spiro atoms. The highest BCUT2D eigenvalue weighted by molar-refractivity contribution is 5.76. The van der Waals surface area contributed by atoms with E-state index in [1.807, 2.05) is 0 Å². The molecule has 4 heteroatoms. The van der Waals surface area contributed by atoms with Crippen LogP contribution in [0.2, 0.25) is 0 Å². The van der Waals surface area contributed by atoms with E-state index in [-0.39, 0.29) is 12.5 Å². The Morgan fingerprint density at radius 2 is 1.93 bits per heavy atom. The van der Waals surface area contributed by atoms with Gasteiger partial charge in [-0.05, 0) is 34.1 Å². The van der Waals surface area contributed by atoms with Crippen molar-refractivity contribution in [2.45, 2.75) is 46.1 Å². The molecule has 0 aromatic heterocycles. The summed E-state index contributed by atoms with van der Waals surface area (Å²) in [6.07, 6.45) is 0.834. The second-order valence-electron chi connectivity index (χ2n) is 5.09. The number of nitrogens with zero attached hydrogens (tertiary/aromatic N) is 1. The Morgan fingerprint density at radius 1 is 1.40 bits per heavy atom. The molecule has 15 heavy (non-hydrogen) atoms. The Labute approximate surface area is 91.3 Å². The lowest BCUT2D eigenvalue weighted by atomic mass is 9.89. The van der Waals surface area contributed by atoms with Crippen molar-refractivity contribution in [3.8, 4) is 6.07 Å². The number of nitriles is 1. The normalized spacial score (nSPS) is 12.0. The summed E-state index contributed by atoms with van der Waals surface area (Å²) < 4.78 is 0. The van der Waals surface area contributed by atoms with Crippen LogP contribution < -0.4 is 5.32 Å². The molecule has 0 unspecified atom stereocenters. The number of nitrogens with one attached hydrogen (secondary N) is 1. The maximum Gasteiger partial charge on any atom is 0.220 e. The summed E-state index contributed by atoms with van der Waals surface area (Å²) in [7, 11) is 0. The lowest BCUT2D eigenvalue weighted by Gasteiger charge is -2.24. The van der Waals surface area contributed by atoms with Crippen molar-refractivity contribution < 1.29 is 9.90 Å². The highest BCUT2D eigenvalue weighted by Gasteiger charge is 2.22. The van der Waals surface area contributed by atoms with E-state index in [1.54, 1.807) is 27.7 Å². The molecule has 0 aliphatic carbocycles. The molecule has 0 atom stereocenters. The van der Waals surface area contributed by atoms with Crippen molar-refractivity contribution in [3.63, 3.8) is 0 Å². The first-order valence-electron chi connectivity index (χ1n) is 5.05. The molecule has 4 nitrogen and oxygen atoms in total. The van der Waals surface area contributed by atoms with Crippen molar-refractivity contribution in [1.82, 2.24) is 5.32 Å². The Morgan fingerprint density at radius 3 is 2.33 bits per heavy atom. The second-order valence-corrected chi connectivity index (χ2v) is 5.09. The third-order valence-electron chi connectivity index (χ3n) is 2.15. The maximum absolute atomic E-state index is 11.4. The van der Waals surface area contributed by atoms with Crippen LogP contribution in [0.5, 0.6) is 0 Å². The van der Waals surface area contributed by atoms with Gasteiger partial charge >= 0.3 is 0 Å². The van der Waals surface area contributed by atoms with E-state index >= 15 is 0 Å². The molecule has 1 amide bonds. The van der Waals surface area contributed by atoms with E-state index in [0.717, 1.165) is 0 Å². The summed E-state index contributed by atoms with van der Waals surface area (Å²) in [4.78, 5) is 11.4. The minimum absolute atomic E-state index is 0.0968. The van der Waals surface area contributed by atoms with E-state index < -0.39 is 11.0 Å². The highest BCUT2D eigenvalue weighted by atomic mass is 16.3. The van der Waals surface area contributed by atoms with Crippen LogP contribution in [0.1, 0.15) is 40.5 Å². The van der Waals surface area contributed by atoms with Crippen LogP contribution in [0.4, 0.5) is 0 Å². The second kappa shape index (κ2) is 5.13. The molecule has 0 aliphatic rings. The fourth-order valence-electron chi connectivity index (χ4n) is 0.961. The van der Waals surface area contributed by atoms with Gasteiger partial charge in [-0.15, -0.1) is 0 Å². The van der Waals surface area contributed by atoms with E-state index in [1.165, 1.54) is 0 Å². The van der Waals surface area contributed by atoms with Gasteiger partial charge in [0.1, 0.15) is 0 Å². The van der Waals surface area contributed by atoms with Crippen molar-refractivity contribution >= 4 is 5.91 Å². The Hall–Kier alpha value is -1.08. The van der Waals surface area contributed by atoms with E-state index in [9.17, 15) is 4.79 Å². The minimum Gasteiger partial charge on any atom is -0.394 e. The van der Waals surface area contributed by atoms with Crippen LogP contribution in [-0.4, -0.2) is 23.2 Å². The number of aliphatic hydroxyl groups excluding tert-OH is 1. The van der Waals surface area contributed by atoms with Gasteiger partial charge < -0.3 is 10.4 Å². The summed E-state index contributed by atoms with van der Waals surface area (Å²) in [6.45, 7) is 7.01. The van der Waals surface area contributed by atoms with Gasteiger partial charge in [0, 0.05) is 6.42 Å². The van der Waals surface area contributed by atoms with Crippen molar-refractivity contribution in [2.24, 2.45) is 5.41 Å². The zero-order valence-electron chi connectivity index (χ0n) is 9.92. The lowest BCUT2D eigenvalue weighted by molar-refractivity contribution is -0.123. The van der Waals surface area contributed by atoms with Crippen molar-refractivity contribution in [1.29, 1.82) is 5.26 Å². The van der Waals surface area contributed by atoms with Crippen LogP contribution in [0.3, 0.4) is 0 Å². The van der Waals surface area contributed by atoms with Gasteiger partial charge in [0.2, 0.25) is 5.91 Å². The monoisotopic (exact) mass is 212 g/mol. The first kappa shape index (κ1) is 13.9. The maximum atomic E-state index is 11.4. The third kappa shape index (κ3) is 6.08. The highest BCUT2D eigenvalue weighted by Crippen LogP contribution is 2.20. The molecule has 0 saturated carbocycles. The summed E-state index contributed by atoms with van der Waals surface area (Å²) in [5.74, 6) is -0.127. The van der Waals surface area contributed by atoms with E-state index in [2.05, 4.69) is 11.4 Å². The first-order chi connectivity index (χ1) is 6.72. The summed E-state index contributed by atoms with van der Waals surface area (Å²) in [6, 6.07) is 2.14. The first-order valence-corrected chi connectivity index (χ1v) is 5.05. The molecule has 0 heterocycles. The van der Waals surface area contributed by atoms with Gasteiger partial charge in [0.05, 0.1) is 23.6 Å². The third-order valence-corrected chi connectivity index (χ3v) is 2.15. The standard InChI is InChI=1S/C11H20N2O2/c1-10(2,7-12)6-5-9(15)13-11(3,4)8-14/h14H,5-6,8H2,1-4H3,(H,13,15). The number of carbonyl (C=O) groups is 1. The van der Waals surface area contributed by atoms with Gasteiger partial charge in [0.25, 0.3) is 0 Å². The largest absolute Gasteiger partial charge is 0.394 e. The van der Waals surface area contributed by atoms with E-state index in [4.69, 9.17) is 10.4 Å². The average molecular weight is 212 g/mol. The molecule has 86 valence electrons. The topological polar surface area (TPSA) is 73.1 Å².